The molecule has 1 unspecified atom stereocenters. The van der Waals surface area contributed by atoms with Crippen LogP contribution in [0.5, 0.6) is 0 Å². The molecule has 5 heteroatoms. The van der Waals surface area contributed by atoms with E-state index in [0.717, 1.165) is 35.8 Å². The van der Waals surface area contributed by atoms with E-state index in [4.69, 9.17) is 5.11 Å². The Morgan fingerprint density at radius 2 is 2.32 bits per heavy atom. The standard InChI is InChI=1S/C14H19N3OS/c1-2-11(6-8-18)16-9-12-10-19-14(17-12)13-5-3-4-7-15-13/h3-5,7,10-11,16,18H,2,6,8-9H2,1H3. The molecular formula is C14H19N3OS. The predicted molar refractivity (Wildman–Crippen MR) is 78.0 cm³/mol. The van der Waals surface area contributed by atoms with Gasteiger partial charge < -0.3 is 10.4 Å². The average molecular weight is 277 g/mol. The number of rotatable bonds is 7. The number of pyridine rings is 1. The lowest BCUT2D eigenvalue weighted by Gasteiger charge is -2.14. The molecule has 2 aromatic heterocycles. The van der Waals surface area contributed by atoms with E-state index < -0.39 is 0 Å². The zero-order valence-electron chi connectivity index (χ0n) is 11.0. The normalized spacial score (nSPS) is 12.5. The molecule has 0 radical (unpaired) electrons. The van der Waals surface area contributed by atoms with Crippen LogP contribution in [0.1, 0.15) is 25.5 Å². The molecular weight excluding hydrogens is 258 g/mol. The van der Waals surface area contributed by atoms with Gasteiger partial charge in [-0.25, -0.2) is 4.98 Å². The van der Waals surface area contributed by atoms with Crippen molar-refractivity contribution >= 4 is 11.3 Å². The van der Waals surface area contributed by atoms with E-state index in [1.165, 1.54) is 0 Å². The Hall–Kier alpha value is -1.30. The third-order valence-electron chi connectivity index (χ3n) is 2.98. The Morgan fingerprint density at radius 3 is 3.00 bits per heavy atom. The molecule has 2 heterocycles. The Bertz CT molecular complexity index is 486. The van der Waals surface area contributed by atoms with Gasteiger partial charge in [0.05, 0.1) is 11.4 Å². The van der Waals surface area contributed by atoms with Crippen molar-refractivity contribution in [2.45, 2.75) is 32.4 Å². The second kappa shape index (κ2) is 7.33. The molecule has 0 aliphatic heterocycles. The van der Waals surface area contributed by atoms with Gasteiger partial charge in [-0.1, -0.05) is 13.0 Å². The van der Waals surface area contributed by atoms with Crippen molar-refractivity contribution in [3.63, 3.8) is 0 Å². The van der Waals surface area contributed by atoms with E-state index >= 15 is 0 Å². The minimum Gasteiger partial charge on any atom is -0.396 e. The van der Waals surface area contributed by atoms with Crippen LogP contribution in [0.15, 0.2) is 29.8 Å². The molecule has 0 aromatic carbocycles. The fourth-order valence-corrected chi connectivity index (χ4v) is 2.65. The van der Waals surface area contributed by atoms with E-state index in [-0.39, 0.29) is 6.61 Å². The van der Waals surface area contributed by atoms with Gasteiger partial charge >= 0.3 is 0 Å². The number of aliphatic hydroxyl groups excluding tert-OH is 1. The highest BCUT2D eigenvalue weighted by Crippen LogP contribution is 2.21. The Labute approximate surface area is 117 Å². The molecule has 0 amide bonds. The molecule has 0 saturated carbocycles. The number of thiazole rings is 1. The van der Waals surface area contributed by atoms with Gasteiger partial charge in [0.2, 0.25) is 0 Å². The average Bonchev–Trinajstić information content (AvgIpc) is 2.93. The van der Waals surface area contributed by atoms with Gasteiger partial charge in [0.25, 0.3) is 0 Å². The van der Waals surface area contributed by atoms with E-state index in [1.54, 1.807) is 17.5 Å². The number of hydrogen-bond donors (Lipinski definition) is 2. The highest BCUT2D eigenvalue weighted by atomic mass is 32.1. The molecule has 4 nitrogen and oxygen atoms in total. The summed E-state index contributed by atoms with van der Waals surface area (Å²) in [4.78, 5) is 8.88. The molecule has 0 saturated heterocycles. The second-order valence-corrected chi connectivity index (χ2v) is 5.22. The fraction of sp³-hybridized carbons (Fsp3) is 0.429. The molecule has 102 valence electrons. The van der Waals surface area contributed by atoms with E-state index in [2.05, 4.69) is 27.6 Å². The highest BCUT2D eigenvalue weighted by Gasteiger charge is 2.08. The summed E-state index contributed by atoms with van der Waals surface area (Å²) >= 11 is 1.61. The zero-order valence-corrected chi connectivity index (χ0v) is 11.9. The van der Waals surface area contributed by atoms with Crippen molar-refractivity contribution in [1.82, 2.24) is 15.3 Å². The van der Waals surface area contributed by atoms with Crippen molar-refractivity contribution < 1.29 is 5.11 Å². The summed E-state index contributed by atoms with van der Waals surface area (Å²) in [5, 5.41) is 15.4. The maximum atomic E-state index is 8.96. The maximum Gasteiger partial charge on any atom is 0.142 e. The molecule has 0 aliphatic rings. The molecule has 0 bridgehead atoms. The number of nitrogens with zero attached hydrogens (tertiary/aromatic N) is 2. The van der Waals surface area contributed by atoms with Gasteiger partial charge in [0.15, 0.2) is 0 Å². The minimum absolute atomic E-state index is 0.224. The van der Waals surface area contributed by atoms with Crippen LogP contribution in [-0.2, 0) is 6.54 Å². The summed E-state index contributed by atoms with van der Waals surface area (Å²) in [6, 6.07) is 6.19. The quantitative estimate of drug-likeness (QED) is 0.816. The van der Waals surface area contributed by atoms with Crippen LogP contribution in [0.3, 0.4) is 0 Å². The fourth-order valence-electron chi connectivity index (χ4n) is 1.85. The van der Waals surface area contributed by atoms with Crippen LogP contribution in [0.4, 0.5) is 0 Å². The lowest BCUT2D eigenvalue weighted by Crippen LogP contribution is -2.28. The van der Waals surface area contributed by atoms with E-state index in [0.29, 0.717) is 6.04 Å². The highest BCUT2D eigenvalue weighted by molar-refractivity contribution is 7.13. The van der Waals surface area contributed by atoms with Gasteiger partial charge in [0, 0.05) is 30.8 Å². The van der Waals surface area contributed by atoms with Gasteiger partial charge in [-0.15, -0.1) is 11.3 Å². The van der Waals surface area contributed by atoms with Crippen LogP contribution in [0, 0.1) is 0 Å². The molecule has 2 aromatic rings. The summed E-state index contributed by atoms with van der Waals surface area (Å²) in [6.45, 7) is 3.08. The van der Waals surface area contributed by atoms with Crippen molar-refractivity contribution in [2.24, 2.45) is 0 Å². The lowest BCUT2D eigenvalue weighted by molar-refractivity contribution is 0.262. The molecule has 2 rings (SSSR count). The Kier molecular flexibility index (Phi) is 5.44. The summed E-state index contributed by atoms with van der Waals surface area (Å²) in [7, 11) is 0. The van der Waals surface area contributed by atoms with E-state index in [9.17, 15) is 0 Å². The first kappa shape index (κ1) is 14.1. The third-order valence-corrected chi connectivity index (χ3v) is 3.89. The number of nitrogens with one attached hydrogen (secondary N) is 1. The topological polar surface area (TPSA) is 58.0 Å². The second-order valence-electron chi connectivity index (χ2n) is 4.36. The van der Waals surface area contributed by atoms with Gasteiger partial charge in [0.1, 0.15) is 5.01 Å². The number of aromatic nitrogens is 2. The minimum atomic E-state index is 0.224. The lowest BCUT2D eigenvalue weighted by atomic mass is 10.1. The van der Waals surface area contributed by atoms with Crippen LogP contribution in [0.25, 0.3) is 10.7 Å². The number of hydrogen-bond acceptors (Lipinski definition) is 5. The van der Waals surface area contributed by atoms with Crippen LogP contribution in [-0.4, -0.2) is 27.7 Å². The molecule has 0 fully saturated rings. The van der Waals surface area contributed by atoms with Crippen LogP contribution < -0.4 is 5.32 Å². The largest absolute Gasteiger partial charge is 0.396 e. The van der Waals surface area contributed by atoms with Crippen molar-refractivity contribution in [2.75, 3.05) is 6.61 Å². The molecule has 0 spiro atoms. The monoisotopic (exact) mass is 277 g/mol. The molecule has 0 aliphatic carbocycles. The first-order valence-corrected chi connectivity index (χ1v) is 7.41. The van der Waals surface area contributed by atoms with Crippen molar-refractivity contribution in [1.29, 1.82) is 0 Å². The summed E-state index contributed by atoms with van der Waals surface area (Å²) < 4.78 is 0. The molecule has 19 heavy (non-hydrogen) atoms. The van der Waals surface area contributed by atoms with Gasteiger partial charge in [-0.3, -0.25) is 4.98 Å². The molecule has 1 atom stereocenters. The first-order valence-electron chi connectivity index (χ1n) is 6.53. The zero-order chi connectivity index (χ0) is 13.5. The third kappa shape index (κ3) is 4.09. The predicted octanol–water partition coefficient (Wildman–Crippen LogP) is 2.46. The van der Waals surface area contributed by atoms with Crippen molar-refractivity contribution in [3.05, 3.63) is 35.5 Å². The first-order chi connectivity index (χ1) is 9.33. The van der Waals surface area contributed by atoms with Gasteiger partial charge in [-0.2, -0.15) is 0 Å². The van der Waals surface area contributed by atoms with Gasteiger partial charge in [-0.05, 0) is 25.0 Å². The number of aliphatic hydroxyl groups is 1. The van der Waals surface area contributed by atoms with Crippen molar-refractivity contribution in [3.8, 4) is 10.7 Å². The summed E-state index contributed by atoms with van der Waals surface area (Å²) in [5.41, 5.74) is 1.95. The van der Waals surface area contributed by atoms with Crippen LogP contribution in [0.2, 0.25) is 0 Å². The SMILES string of the molecule is CCC(CCO)NCc1csc(-c2ccccn2)n1. The molecule has 2 N–H and O–H groups in total. The Balaban J connectivity index is 1.94. The summed E-state index contributed by atoms with van der Waals surface area (Å²) in [6.07, 6.45) is 3.58. The van der Waals surface area contributed by atoms with Crippen LogP contribution >= 0.6 is 11.3 Å². The van der Waals surface area contributed by atoms with E-state index in [1.807, 2.05) is 18.2 Å². The Morgan fingerprint density at radius 1 is 1.42 bits per heavy atom. The maximum absolute atomic E-state index is 8.96. The smallest absolute Gasteiger partial charge is 0.142 e. The summed E-state index contributed by atoms with van der Waals surface area (Å²) in [5.74, 6) is 0.